The lowest BCUT2D eigenvalue weighted by atomic mass is 9.74. The molecular formula is C14H25NO2. The van der Waals surface area contributed by atoms with Crippen LogP contribution in [0.15, 0.2) is 0 Å². The summed E-state index contributed by atoms with van der Waals surface area (Å²) < 4.78 is 0. The van der Waals surface area contributed by atoms with Gasteiger partial charge >= 0.3 is 0 Å². The number of carbonyl (C=O) groups excluding carboxylic acids is 1. The highest BCUT2D eigenvalue weighted by Gasteiger charge is 2.38. The molecule has 1 aliphatic heterocycles. The molecule has 2 unspecified atom stereocenters. The predicted molar refractivity (Wildman–Crippen MR) is 67.8 cm³/mol. The smallest absolute Gasteiger partial charge is 0.127 e. The second-order valence-corrected chi connectivity index (χ2v) is 6.03. The highest BCUT2D eigenvalue weighted by atomic mass is 16.3. The van der Waals surface area contributed by atoms with Crippen molar-refractivity contribution in [3.8, 4) is 0 Å². The molecule has 1 heterocycles. The zero-order valence-electron chi connectivity index (χ0n) is 10.9. The zero-order valence-corrected chi connectivity index (χ0v) is 10.9. The number of aldehydes is 1. The molecule has 2 atom stereocenters. The van der Waals surface area contributed by atoms with Gasteiger partial charge in [0.1, 0.15) is 6.29 Å². The van der Waals surface area contributed by atoms with Crippen molar-refractivity contribution in [1.29, 1.82) is 0 Å². The van der Waals surface area contributed by atoms with Crippen molar-refractivity contribution in [2.75, 3.05) is 19.7 Å². The number of aliphatic hydroxyl groups excluding tert-OH is 1. The lowest BCUT2D eigenvalue weighted by Crippen LogP contribution is -2.44. The molecule has 0 amide bonds. The van der Waals surface area contributed by atoms with Crippen LogP contribution in [0.1, 0.15) is 45.4 Å². The number of rotatable bonds is 4. The summed E-state index contributed by atoms with van der Waals surface area (Å²) in [6.07, 6.45) is 8.08. The van der Waals surface area contributed by atoms with Crippen LogP contribution in [-0.4, -0.2) is 42.0 Å². The van der Waals surface area contributed by atoms with Crippen LogP contribution in [0.3, 0.4) is 0 Å². The SMILES string of the molecule is CC1CCN(CC2(C=O)CCCCC2)C1CO. The van der Waals surface area contributed by atoms with Gasteiger partial charge < -0.3 is 9.90 Å². The highest BCUT2D eigenvalue weighted by Crippen LogP contribution is 2.37. The standard InChI is InChI=1S/C14H25NO2/c1-12-5-8-15(13(12)9-16)10-14(11-17)6-3-2-4-7-14/h11-13,16H,2-10H2,1H3. The molecule has 0 spiro atoms. The fraction of sp³-hybridized carbons (Fsp3) is 0.929. The van der Waals surface area contributed by atoms with Crippen molar-refractivity contribution in [3.05, 3.63) is 0 Å². The molecule has 1 aliphatic carbocycles. The lowest BCUT2D eigenvalue weighted by molar-refractivity contribution is -0.119. The summed E-state index contributed by atoms with van der Waals surface area (Å²) in [5, 5.41) is 9.46. The Morgan fingerprint density at radius 3 is 2.65 bits per heavy atom. The van der Waals surface area contributed by atoms with Crippen LogP contribution < -0.4 is 0 Å². The summed E-state index contributed by atoms with van der Waals surface area (Å²) >= 11 is 0. The molecule has 0 bridgehead atoms. The topological polar surface area (TPSA) is 40.5 Å². The van der Waals surface area contributed by atoms with E-state index in [2.05, 4.69) is 11.8 Å². The molecule has 3 nitrogen and oxygen atoms in total. The number of likely N-dealkylation sites (tertiary alicyclic amines) is 1. The maximum atomic E-state index is 11.5. The summed E-state index contributed by atoms with van der Waals surface area (Å²) in [5.41, 5.74) is -0.115. The number of carbonyl (C=O) groups is 1. The second kappa shape index (κ2) is 5.49. The first-order valence-electron chi connectivity index (χ1n) is 7.02. The van der Waals surface area contributed by atoms with Crippen LogP contribution in [0.2, 0.25) is 0 Å². The number of nitrogens with zero attached hydrogens (tertiary/aromatic N) is 1. The first-order chi connectivity index (χ1) is 8.21. The minimum absolute atomic E-state index is 0.115. The summed E-state index contributed by atoms with van der Waals surface area (Å²) in [5.74, 6) is 0.562. The van der Waals surface area contributed by atoms with E-state index in [1.54, 1.807) is 0 Å². The monoisotopic (exact) mass is 239 g/mol. The van der Waals surface area contributed by atoms with E-state index >= 15 is 0 Å². The molecule has 1 saturated carbocycles. The average Bonchev–Trinajstić information content (AvgIpc) is 2.71. The summed E-state index contributed by atoms with van der Waals surface area (Å²) in [4.78, 5) is 13.8. The molecule has 2 rings (SSSR count). The third-order valence-electron chi connectivity index (χ3n) is 4.80. The van der Waals surface area contributed by atoms with Crippen molar-refractivity contribution < 1.29 is 9.90 Å². The Hall–Kier alpha value is -0.410. The molecule has 3 heteroatoms. The Labute approximate surface area is 104 Å². The fourth-order valence-corrected chi connectivity index (χ4v) is 3.55. The Kier molecular flexibility index (Phi) is 4.21. The molecule has 0 radical (unpaired) electrons. The third-order valence-corrected chi connectivity index (χ3v) is 4.80. The molecule has 17 heavy (non-hydrogen) atoms. The minimum Gasteiger partial charge on any atom is -0.395 e. The van der Waals surface area contributed by atoms with E-state index in [0.29, 0.717) is 5.92 Å². The van der Waals surface area contributed by atoms with Gasteiger partial charge in [-0.25, -0.2) is 0 Å². The van der Waals surface area contributed by atoms with E-state index in [9.17, 15) is 9.90 Å². The van der Waals surface area contributed by atoms with Gasteiger partial charge in [0.2, 0.25) is 0 Å². The second-order valence-electron chi connectivity index (χ2n) is 6.03. The van der Waals surface area contributed by atoms with E-state index in [1.165, 1.54) is 25.5 Å². The van der Waals surface area contributed by atoms with Gasteiger partial charge in [0, 0.05) is 18.0 Å². The maximum Gasteiger partial charge on any atom is 0.127 e. The Morgan fingerprint density at radius 2 is 2.06 bits per heavy atom. The normalized spacial score (nSPS) is 33.8. The van der Waals surface area contributed by atoms with E-state index in [4.69, 9.17) is 0 Å². The lowest BCUT2D eigenvalue weighted by Gasteiger charge is -2.37. The largest absolute Gasteiger partial charge is 0.395 e. The van der Waals surface area contributed by atoms with Crippen LogP contribution in [0, 0.1) is 11.3 Å². The molecule has 0 aromatic heterocycles. The first kappa shape index (κ1) is 13.0. The molecular weight excluding hydrogens is 214 g/mol. The van der Waals surface area contributed by atoms with Crippen molar-refractivity contribution in [3.63, 3.8) is 0 Å². The molecule has 2 aliphatic rings. The molecule has 1 saturated heterocycles. The van der Waals surface area contributed by atoms with Crippen molar-refractivity contribution in [1.82, 2.24) is 4.90 Å². The number of aliphatic hydroxyl groups is 1. The van der Waals surface area contributed by atoms with E-state index in [0.717, 1.165) is 32.4 Å². The van der Waals surface area contributed by atoms with Gasteiger partial charge in [0.25, 0.3) is 0 Å². The average molecular weight is 239 g/mol. The van der Waals surface area contributed by atoms with Crippen LogP contribution >= 0.6 is 0 Å². The Bertz CT molecular complexity index is 261. The van der Waals surface area contributed by atoms with Gasteiger partial charge in [0.15, 0.2) is 0 Å². The molecule has 98 valence electrons. The van der Waals surface area contributed by atoms with E-state index < -0.39 is 0 Å². The molecule has 2 fully saturated rings. The molecule has 0 aromatic rings. The summed E-state index contributed by atoms with van der Waals surface area (Å²) in [6, 6.07) is 0.272. The van der Waals surface area contributed by atoms with Crippen LogP contribution in [0.25, 0.3) is 0 Å². The molecule has 0 aromatic carbocycles. The zero-order chi connectivity index (χ0) is 12.3. The van der Waals surface area contributed by atoms with Crippen molar-refractivity contribution in [2.24, 2.45) is 11.3 Å². The Balaban J connectivity index is 2.00. The number of hydrogen-bond acceptors (Lipinski definition) is 3. The third kappa shape index (κ3) is 2.71. The quantitative estimate of drug-likeness (QED) is 0.761. The fourth-order valence-electron chi connectivity index (χ4n) is 3.55. The van der Waals surface area contributed by atoms with Gasteiger partial charge in [-0.3, -0.25) is 4.90 Å². The van der Waals surface area contributed by atoms with Gasteiger partial charge in [0.05, 0.1) is 6.61 Å². The van der Waals surface area contributed by atoms with Crippen LogP contribution in [0.4, 0.5) is 0 Å². The van der Waals surface area contributed by atoms with Gasteiger partial charge in [-0.1, -0.05) is 26.2 Å². The predicted octanol–water partition coefficient (Wildman–Crippen LogP) is 1.84. The molecule has 1 N–H and O–H groups in total. The summed E-state index contributed by atoms with van der Waals surface area (Å²) in [6.45, 7) is 4.35. The van der Waals surface area contributed by atoms with E-state index in [1.807, 2.05) is 0 Å². The van der Waals surface area contributed by atoms with Crippen molar-refractivity contribution >= 4 is 6.29 Å². The van der Waals surface area contributed by atoms with Crippen molar-refractivity contribution in [2.45, 2.75) is 51.5 Å². The Morgan fingerprint density at radius 1 is 1.35 bits per heavy atom. The number of hydrogen-bond donors (Lipinski definition) is 1. The maximum absolute atomic E-state index is 11.5. The van der Waals surface area contributed by atoms with Crippen LogP contribution in [-0.2, 0) is 4.79 Å². The van der Waals surface area contributed by atoms with Gasteiger partial charge in [-0.2, -0.15) is 0 Å². The van der Waals surface area contributed by atoms with E-state index in [-0.39, 0.29) is 18.1 Å². The highest BCUT2D eigenvalue weighted by molar-refractivity contribution is 5.60. The van der Waals surface area contributed by atoms with Crippen LogP contribution in [0.5, 0.6) is 0 Å². The first-order valence-corrected chi connectivity index (χ1v) is 7.02. The summed E-state index contributed by atoms with van der Waals surface area (Å²) in [7, 11) is 0. The minimum atomic E-state index is -0.115. The van der Waals surface area contributed by atoms with Gasteiger partial charge in [-0.15, -0.1) is 0 Å². The van der Waals surface area contributed by atoms with Gasteiger partial charge in [-0.05, 0) is 31.7 Å².